The summed E-state index contributed by atoms with van der Waals surface area (Å²) in [6.45, 7) is 6.20. The molecule has 0 spiro atoms. The molecule has 1 aliphatic carbocycles. The molecule has 3 aromatic rings. The van der Waals surface area contributed by atoms with E-state index in [4.69, 9.17) is 15.1 Å². The van der Waals surface area contributed by atoms with E-state index in [0.29, 0.717) is 11.6 Å². The standard InChI is InChI=1S/C20H19N3OS/c1-11-12(2)16-17(21)18(25-20(16)23-13(11)3)19-22-10-15(24-19)14-8-6-4-5-7-9-14/h4-8,10H,9,21H2,1-3H3. The Bertz CT molecular complexity index is 1070. The number of fused-ring (bicyclic) bond motifs is 1. The summed E-state index contributed by atoms with van der Waals surface area (Å²) in [6.07, 6.45) is 12.8. The van der Waals surface area contributed by atoms with E-state index in [1.807, 2.05) is 25.2 Å². The second-order valence-corrected chi connectivity index (χ2v) is 7.21. The summed E-state index contributed by atoms with van der Waals surface area (Å²) >= 11 is 1.54. The highest BCUT2D eigenvalue weighted by Crippen LogP contribution is 2.42. The molecule has 0 saturated heterocycles. The van der Waals surface area contributed by atoms with E-state index in [0.717, 1.165) is 38.5 Å². The quantitative estimate of drug-likeness (QED) is 0.676. The van der Waals surface area contributed by atoms with Crippen molar-refractivity contribution in [1.82, 2.24) is 9.97 Å². The molecule has 0 bridgehead atoms. The van der Waals surface area contributed by atoms with Gasteiger partial charge in [-0.05, 0) is 38.3 Å². The third kappa shape index (κ3) is 2.61. The summed E-state index contributed by atoms with van der Waals surface area (Å²) in [5.74, 6) is 1.34. The van der Waals surface area contributed by atoms with Crippen molar-refractivity contribution in [2.45, 2.75) is 27.2 Å². The highest BCUT2D eigenvalue weighted by atomic mass is 32.1. The van der Waals surface area contributed by atoms with Gasteiger partial charge in [0, 0.05) is 16.7 Å². The molecule has 0 unspecified atom stereocenters. The third-order valence-corrected chi connectivity index (χ3v) is 5.77. The lowest BCUT2D eigenvalue weighted by Crippen LogP contribution is -1.93. The number of hydrogen-bond acceptors (Lipinski definition) is 5. The normalized spacial score (nSPS) is 14.1. The van der Waals surface area contributed by atoms with Gasteiger partial charge in [0.2, 0.25) is 5.89 Å². The van der Waals surface area contributed by atoms with Gasteiger partial charge >= 0.3 is 0 Å². The number of aryl methyl sites for hydroxylation is 2. The number of thiophene rings is 1. The Morgan fingerprint density at radius 3 is 2.80 bits per heavy atom. The Kier molecular flexibility index (Phi) is 3.81. The van der Waals surface area contributed by atoms with Crippen molar-refractivity contribution < 1.29 is 4.42 Å². The van der Waals surface area contributed by atoms with Crippen LogP contribution < -0.4 is 5.73 Å². The smallest absolute Gasteiger partial charge is 0.239 e. The van der Waals surface area contributed by atoms with E-state index in [1.165, 1.54) is 22.5 Å². The molecule has 0 saturated carbocycles. The van der Waals surface area contributed by atoms with Crippen LogP contribution in [0.25, 0.3) is 26.6 Å². The molecular formula is C20H19N3OS. The topological polar surface area (TPSA) is 64.9 Å². The first kappa shape index (κ1) is 15.8. The number of nitrogens with zero attached hydrogens (tertiary/aromatic N) is 2. The summed E-state index contributed by atoms with van der Waals surface area (Å²) in [6, 6.07) is 0. The maximum absolute atomic E-state index is 6.44. The molecule has 0 atom stereocenters. The summed E-state index contributed by atoms with van der Waals surface area (Å²) in [4.78, 5) is 10.9. The minimum absolute atomic E-state index is 0.559. The Balaban J connectivity index is 1.82. The Hall–Kier alpha value is -2.66. The van der Waals surface area contributed by atoms with Crippen LogP contribution >= 0.6 is 11.3 Å². The molecule has 5 heteroatoms. The van der Waals surface area contributed by atoms with Gasteiger partial charge in [-0.25, -0.2) is 9.97 Å². The number of anilines is 1. The van der Waals surface area contributed by atoms with Crippen LogP contribution in [0.3, 0.4) is 0 Å². The number of pyridine rings is 1. The Morgan fingerprint density at radius 1 is 1.12 bits per heavy atom. The predicted octanol–water partition coefficient (Wildman–Crippen LogP) is 5.36. The highest BCUT2D eigenvalue weighted by molar-refractivity contribution is 7.22. The van der Waals surface area contributed by atoms with Crippen LogP contribution in [0.4, 0.5) is 5.69 Å². The zero-order valence-corrected chi connectivity index (χ0v) is 15.3. The molecule has 126 valence electrons. The Labute approximate surface area is 150 Å². The van der Waals surface area contributed by atoms with Crippen LogP contribution in [0, 0.1) is 20.8 Å². The van der Waals surface area contributed by atoms with Crippen molar-refractivity contribution in [3.8, 4) is 10.8 Å². The molecule has 4 rings (SSSR count). The van der Waals surface area contributed by atoms with Crippen molar-refractivity contribution in [3.63, 3.8) is 0 Å². The average Bonchev–Trinajstić information content (AvgIpc) is 3.08. The molecule has 25 heavy (non-hydrogen) atoms. The Morgan fingerprint density at radius 2 is 1.96 bits per heavy atom. The largest absolute Gasteiger partial charge is 0.436 e. The lowest BCUT2D eigenvalue weighted by Gasteiger charge is -2.05. The van der Waals surface area contributed by atoms with E-state index in [2.05, 4.69) is 31.0 Å². The molecule has 3 heterocycles. The van der Waals surface area contributed by atoms with Gasteiger partial charge in [0.15, 0.2) is 5.76 Å². The van der Waals surface area contributed by atoms with Gasteiger partial charge < -0.3 is 10.2 Å². The van der Waals surface area contributed by atoms with E-state index in [-0.39, 0.29) is 0 Å². The second-order valence-electron chi connectivity index (χ2n) is 6.21. The van der Waals surface area contributed by atoms with Gasteiger partial charge in [0.25, 0.3) is 0 Å². The van der Waals surface area contributed by atoms with Crippen molar-refractivity contribution >= 4 is 32.8 Å². The first-order valence-corrected chi connectivity index (χ1v) is 9.02. The molecule has 2 N–H and O–H groups in total. The van der Waals surface area contributed by atoms with E-state index in [9.17, 15) is 0 Å². The lowest BCUT2D eigenvalue weighted by atomic mass is 10.1. The molecule has 0 amide bonds. The number of hydrogen-bond donors (Lipinski definition) is 1. The molecular weight excluding hydrogens is 330 g/mol. The molecule has 0 aromatic carbocycles. The zero-order chi connectivity index (χ0) is 17.6. The van der Waals surface area contributed by atoms with Gasteiger partial charge in [0.1, 0.15) is 9.71 Å². The van der Waals surface area contributed by atoms with Gasteiger partial charge in [-0.1, -0.05) is 30.4 Å². The van der Waals surface area contributed by atoms with E-state index in [1.54, 1.807) is 6.20 Å². The van der Waals surface area contributed by atoms with Crippen molar-refractivity contribution in [2.75, 3.05) is 5.73 Å². The van der Waals surface area contributed by atoms with Gasteiger partial charge in [-0.2, -0.15) is 0 Å². The van der Waals surface area contributed by atoms with E-state index < -0.39 is 0 Å². The SMILES string of the molecule is Cc1nc2sc(-c3ncc(C4=CC=CC=CC4)o3)c(N)c2c(C)c1C. The zero-order valence-electron chi connectivity index (χ0n) is 14.5. The van der Waals surface area contributed by atoms with Crippen molar-refractivity contribution in [3.05, 3.63) is 59.2 Å². The van der Waals surface area contributed by atoms with Gasteiger partial charge in [0.05, 0.1) is 11.9 Å². The van der Waals surface area contributed by atoms with Crippen LogP contribution in [0.15, 0.2) is 41.0 Å². The predicted molar refractivity (Wildman–Crippen MR) is 105 cm³/mol. The number of nitrogens with two attached hydrogens (primary N) is 1. The highest BCUT2D eigenvalue weighted by Gasteiger charge is 2.20. The number of aromatic nitrogens is 2. The van der Waals surface area contributed by atoms with Crippen molar-refractivity contribution in [1.29, 1.82) is 0 Å². The molecule has 0 fully saturated rings. The molecule has 0 aliphatic heterocycles. The van der Waals surface area contributed by atoms with Crippen LogP contribution in [-0.2, 0) is 0 Å². The molecule has 3 aromatic heterocycles. The fourth-order valence-corrected chi connectivity index (χ4v) is 4.15. The molecule has 0 radical (unpaired) electrons. The summed E-state index contributed by atoms with van der Waals surface area (Å²) in [7, 11) is 0. The monoisotopic (exact) mass is 349 g/mol. The number of rotatable bonds is 2. The average molecular weight is 349 g/mol. The van der Waals surface area contributed by atoms with Crippen molar-refractivity contribution in [2.24, 2.45) is 0 Å². The minimum Gasteiger partial charge on any atom is -0.436 e. The molecule has 1 aliphatic rings. The van der Waals surface area contributed by atoms with Crippen LogP contribution in [-0.4, -0.2) is 9.97 Å². The molecule has 4 nitrogen and oxygen atoms in total. The lowest BCUT2D eigenvalue weighted by molar-refractivity contribution is 0.561. The third-order valence-electron chi connectivity index (χ3n) is 4.69. The maximum atomic E-state index is 6.44. The fourth-order valence-electron chi connectivity index (χ4n) is 3.01. The van der Waals surface area contributed by atoms with Gasteiger partial charge in [-0.15, -0.1) is 11.3 Å². The maximum Gasteiger partial charge on any atom is 0.239 e. The minimum atomic E-state index is 0.559. The fraction of sp³-hybridized carbons (Fsp3) is 0.200. The summed E-state index contributed by atoms with van der Waals surface area (Å²) < 4.78 is 6.03. The first-order valence-electron chi connectivity index (χ1n) is 8.21. The number of oxazole rings is 1. The first-order chi connectivity index (χ1) is 12.1. The van der Waals surface area contributed by atoms with Gasteiger partial charge in [-0.3, -0.25) is 0 Å². The van der Waals surface area contributed by atoms with E-state index >= 15 is 0 Å². The summed E-state index contributed by atoms with van der Waals surface area (Å²) in [5.41, 5.74) is 11.6. The van der Waals surface area contributed by atoms with Crippen LogP contribution in [0.5, 0.6) is 0 Å². The number of nitrogen functional groups attached to an aromatic ring is 1. The number of allylic oxidation sites excluding steroid dienone is 6. The summed E-state index contributed by atoms with van der Waals surface area (Å²) in [5, 5.41) is 1.02. The van der Waals surface area contributed by atoms with Crippen LogP contribution in [0.1, 0.15) is 29.0 Å². The van der Waals surface area contributed by atoms with Crippen LogP contribution in [0.2, 0.25) is 0 Å². The second kappa shape index (κ2) is 6.01.